The van der Waals surface area contributed by atoms with Crippen LogP contribution in [0.4, 0.5) is 0 Å². The molecule has 1 saturated heterocycles. The highest BCUT2D eigenvalue weighted by Crippen LogP contribution is 2.13. The highest BCUT2D eigenvalue weighted by Gasteiger charge is 2.24. The number of hydrogen-bond donors (Lipinski definition) is 1. The lowest BCUT2D eigenvalue weighted by Gasteiger charge is -2.32. The Morgan fingerprint density at radius 3 is 2.60 bits per heavy atom. The summed E-state index contributed by atoms with van der Waals surface area (Å²) in [5.41, 5.74) is 0.631. The van der Waals surface area contributed by atoms with Gasteiger partial charge in [-0.25, -0.2) is 0 Å². The van der Waals surface area contributed by atoms with Gasteiger partial charge in [0.25, 0.3) is 5.91 Å². The number of rotatable bonds is 3. The summed E-state index contributed by atoms with van der Waals surface area (Å²) in [4.78, 5) is 29.2. The molecular formula is C14H16N4O2. The molecule has 0 saturated carbocycles. The number of nitrogens with one attached hydrogen (secondary N) is 1. The van der Waals surface area contributed by atoms with Crippen molar-refractivity contribution in [1.82, 2.24) is 15.2 Å². The predicted molar refractivity (Wildman–Crippen MR) is 71.5 cm³/mol. The van der Waals surface area contributed by atoms with Gasteiger partial charge in [0.2, 0.25) is 5.91 Å². The summed E-state index contributed by atoms with van der Waals surface area (Å²) in [7, 11) is 0. The van der Waals surface area contributed by atoms with Crippen LogP contribution in [0.15, 0.2) is 24.5 Å². The first-order chi connectivity index (χ1) is 9.70. The molecule has 0 bridgehead atoms. The Balaban J connectivity index is 1.84. The molecular weight excluding hydrogens is 256 g/mol. The van der Waals surface area contributed by atoms with E-state index in [1.165, 1.54) is 0 Å². The molecule has 1 N–H and O–H groups in total. The zero-order chi connectivity index (χ0) is 14.4. The van der Waals surface area contributed by atoms with E-state index in [0.29, 0.717) is 31.5 Å². The van der Waals surface area contributed by atoms with Gasteiger partial charge in [0.05, 0.1) is 6.07 Å². The van der Waals surface area contributed by atoms with E-state index in [-0.39, 0.29) is 24.3 Å². The summed E-state index contributed by atoms with van der Waals surface area (Å²) in [6, 6.07) is 5.27. The zero-order valence-electron chi connectivity index (χ0n) is 11.1. The molecule has 1 fully saturated rings. The second kappa shape index (κ2) is 6.66. The van der Waals surface area contributed by atoms with Crippen LogP contribution in [0, 0.1) is 11.3 Å². The van der Waals surface area contributed by atoms with Gasteiger partial charge in [-0.1, -0.05) is 0 Å². The zero-order valence-corrected chi connectivity index (χ0v) is 11.1. The maximum atomic E-state index is 12.2. The molecule has 2 rings (SSSR count). The van der Waals surface area contributed by atoms with E-state index >= 15 is 0 Å². The Hall–Kier alpha value is -2.42. The summed E-state index contributed by atoms with van der Waals surface area (Å²) in [5.74, 6) is -0.249. The summed E-state index contributed by atoms with van der Waals surface area (Å²) in [6.07, 6.45) is 4.52. The second-order valence-corrected chi connectivity index (χ2v) is 4.70. The molecule has 6 heteroatoms. The molecule has 104 valence electrons. The van der Waals surface area contributed by atoms with Crippen LogP contribution in [-0.4, -0.2) is 40.8 Å². The number of nitrogens with zero attached hydrogens (tertiary/aromatic N) is 3. The minimum absolute atomic E-state index is 0.00537. The lowest BCUT2D eigenvalue weighted by atomic mass is 10.0. The SMILES string of the molecule is N#CCC(=O)NC1CCN(C(=O)c2ccncc2)CC1. The van der Waals surface area contributed by atoms with Gasteiger partial charge in [0.15, 0.2) is 0 Å². The third kappa shape index (κ3) is 3.54. The Kier molecular flexibility index (Phi) is 4.66. The van der Waals surface area contributed by atoms with E-state index in [4.69, 9.17) is 5.26 Å². The average Bonchev–Trinajstić information content (AvgIpc) is 2.48. The Morgan fingerprint density at radius 2 is 2.00 bits per heavy atom. The monoisotopic (exact) mass is 272 g/mol. The molecule has 0 spiro atoms. The van der Waals surface area contributed by atoms with Crippen LogP contribution in [0.1, 0.15) is 29.6 Å². The Morgan fingerprint density at radius 1 is 1.35 bits per heavy atom. The molecule has 2 heterocycles. The molecule has 1 aromatic rings. The molecule has 6 nitrogen and oxygen atoms in total. The van der Waals surface area contributed by atoms with E-state index in [2.05, 4.69) is 10.3 Å². The minimum Gasteiger partial charge on any atom is -0.352 e. The van der Waals surface area contributed by atoms with Crippen molar-refractivity contribution in [3.8, 4) is 6.07 Å². The molecule has 20 heavy (non-hydrogen) atoms. The first kappa shape index (κ1) is 14.0. The van der Waals surface area contributed by atoms with Gasteiger partial charge in [0.1, 0.15) is 6.42 Å². The fourth-order valence-corrected chi connectivity index (χ4v) is 2.25. The molecule has 0 unspecified atom stereocenters. The molecule has 2 amide bonds. The van der Waals surface area contributed by atoms with Gasteiger partial charge < -0.3 is 10.2 Å². The molecule has 0 aliphatic carbocycles. The number of likely N-dealkylation sites (tertiary alicyclic amines) is 1. The third-order valence-electron chi connectivity index (χ3n) is 3.31. The maximum absolute atomic E-state index is 12.2. The van der Waals surface area contributed by atoms with E-state index in [1.807, 2.05) is 6.07 Å². The quantitative estimate of drug-likeness (QED) is 0.878. The number of aromatic nitrogens is 1. The van der Waals surface area contributed by atoms with Crippen LogP contribution in [0.25, 0.3) is 0 Å². The number of amides is 2. The van der Waals surface area contributed by atoms with Crippen molar-refractivity contribution >= 4 is 11.8 Å². The van der Waals surface area contributed by atoms with Crippen LogP contribution >= 0.6 is 0 Å². The van der Waals surface area contributed by atoms with E-state index in [0.717, 1.165) is 0 Å². The fourth-order valence-electron chi connectivity index (χ4n) is 2.25. The first-order valence-electron chi connectivity index (χ1n) is 6.56. The van der Waals surface area contributed by atoms with Crippen LogP contribution < -0.4 is 5.32 Å². The number of piperidine rings is 1. The van der Waals surface area contributed by atoms with Crippen molar-refractivity contribution < 1.29 is 9.59 Å². The van der Waals surface area contributed by atoms with Crippen LogP contribution in [0.2, 0.25) is 0 Å². The molecule has 1 aliphatic heterocycles. The molecule has 0 radical (unpaired) electrons. The average molecular weight is 272 g/mol. The van der Waals surface area contributed by atoms with Crippen molar-refractivity contribution in [2.45, 2.75) is 25.3 Å². The summed E-state index contributed by atoms with van der Waals surface area (Å²) >= 11 is 0. The summed E-state index contributed by atoms with van der Waals surface area (Å²) in [5, 5.41) is 11.2. The normalized spacial score (nSPS) is 15.4. The standard InChI is InChI=1S/C14H16N4O2/c15-6-1-13(19)17-12-4-9-18(10-5-12)14(20)11-2-7-16-8-3-11/h2-3,7-8,12H,1,4-5,9-10H2,(H,17,19). The number of pyridine rings is 1. The largest absolute Gasteiger partial charge is 0.352 e. The van der Waals surface area contributed by atoms with Crippen molar-refractivity contribution in [1.29, 1.82) is 5.26 Å². The minimum atomic E-state index is -0.244. The fraction of sp³-hybridized carbons (Fsp3) is 0.429. The summed E-state index contributed by atoms with van der Waals surface area (Å²) < 4.78 is 0. The highest BCUT2D eigenvalue weighted by atomic mass is 16.2. The van der Waals surface area contributed by atoms with Gasteiger partial charge in [-0.2, -0.15) is 5.26 Å². The lowest BCUT2D eigenvalue weighted by molar-refractivity contribution is -0.121. The topological polar surface area (TPSA) is 86.1 Å². The number of nitriles is 1. The lowest BCUT2D eigenvalue weighted by Crippen LogP contribution is -2.46. The van der Waals surface area contributed by atoms with Crippen LogP contribution in [0.5, 0.6) is 0 Å². The molecule has 1 aromatic heterocycles. The van der Waals surface area contributed by atoms with E-state index < -0.39 is 0 Å². The smallest absolute Gasteiger partial charge is 0.253 e. The highest BCUT2D eigenvalue weighted by molar-refractivity contribution is 5.94. The van der Waals surface area contributed by atoms with Crippen LogP contribution in [-0.2, 0) is 4.79 Å². The summed E-state index contributed by atoms with van der Waals surface area (Å²) in [6.45, 7) is 1.22. The van der Waals surface area contributed by atoms with Crippen molar-refractivity contribution in [2.75, 3.05) is 13.1 Å². The molecule has 0 atom stereocenters. The van der Waals surface area contributed by atoms with Crippen LogP contribution in [0.3, 0.4) is 0 Å². The first-order valence-corrected chi connectivity index (χ1v) is 6.56. The van der Waals surface area contributed by atoms with Crippen molar-refractivity contribution in [3.05, 3.63) is 30.1 Å². The van der Waals surface area contributed by atoms with E-state index in [9.17, 15) is 9.59 Å². The number of carbonyl (C=O) groups is 2. The van der Waals surface area contributed by atoms with Crippen molar-refractivity contribution in [3.63, 3.8) is 0 Å². The van der Waals surface area contributed by atoms with Gasteiger partial charge >= 0.3 is 0 Å². The van der Waals surface area contributed by atoms with Gasteiger partial charge in [-0.15, -0.1) is 0 Å². The van der Waals surface area contributed by atoms with Gasteiger partial charge in [-0.05, 0) is 25.0 Å². The predicted octanol–water partition coefficient (Wildman–Crippen LogP) is 0.716. The Bertz CT molecular complexity index is 516. The Labute approximate surface area is 117 Å². The number of carbonyl (C=O) groups excluding carboxylic acids is 2. The molecule has 0 aromatic carbocycles. The van der Waals surface area contributed by atoms with Crippen molar-refractivity contribution in [2.24, 2.45) is 0 Å². The van der Waals surface area contributed by atoms with E-state index in [1.54, 1.807) is 29.4 Å². The molecule has 1 aliphatic rings. The number of hydrogen-bond acceptors (Lipinski definition) is 4. The third-order valence-corrected chi connectivity index (χ3v) is 3.31. The van der Waals surface area contributed by atoms with Gasteiger partial charge in [-0.3, -0.25) is 14.6 Å². The second-order valence-electron chi connectivity index (χ2n) is 4.70. The van der Waals surface area contributed by atoms with Gasteiger partial charge in [0, 0.05) is 37.1 Å². The maximum Gasteiger partial charge on any atom is 0.253 e.